The van der Waals surface area contributed by atoms with Crippen LogP contribution >= 0.6 is 0 Å². The van der Waals surface area contributed by atoms with Crippen LogP contribution in [0.25, 0.3) is 0 Å². The fourth-order valence-corrected chi connectivity index (χ4v) is 3.23. The van der Waals surface area contributed by atoms with Gasteiger partial charge in [0.2, 0.25) is 0 Å². The summed E-state index contributed by atoms with van der Waals surface area (Å²) in [6.45, 7) is 5.96. The smallest absolute Gasteiger partial charge is 0.126 e. The first-order valence-electron chi connectivity index (χ1n) is 7.67. The van der Waals surface area contributed by atoms with E-state index in [1.807, 2.05) is 19.1 Å². The molecule has 0 fully saturated rings. The predicted molar refractivity (Wildman–Crippen MR) is 81.8 cm³/mol. The van der Waals surface area contributed by atoms with Gasteiger partial charge in [0.15, 0.2) is 0 Å². The van der Waals surface area contributed by atoms with Crippen molar-refractivity contribution in [3.05, 3.63) is 52.6 Å². The van der Waals surface area contributed by atoms with Crippen molar-refractivity contribution in [2.45, 2.75) is 45.7 Å². The number of hydrogen-bond donors (Lipinski definition) is 1. The highest BCUT2D eigenvalue weighted by atomic mass is 19.1. The van der Waals surface area contributed by atoms with Gasteiger partial charge in [-0.25, -0.2) is 4.39 Å². The Bertz CT molecular complexity index is 633. The molecule has 0 saturated heterocycles. The lowest BCUT2D eigenvalue weighted by Gasteiger charge is -2.14. The fourth-order valence-electron chi connectivity index (χ4n) is 3.23. The first kappa shape index (κ1) is 14.3. The molecule has 0 radical (unpaired) electrons. The van der Waals surface area contributed by atoms with Crippen LogP contribution < -0.4 is 5.32 Å². The molecule has 112 valence electrons. The number of halogens is 1. The van der Waals surface area contributed by atoms with E-state index in [1.165, 1.54) is 5.69 Å². The highest BCUT2D eigenvalue weighted by molar-refractivity contribution is 5.35. The van der Waals surface area contributed by atoms with E-state index in [1.54, 1.807) is 6.07 Å². The average molecular weight is 287 g/mol. The van der Waals surface area contributed by atoms with Gasteiger partial charge in [0.1, 0.15) is 5.82 Å². The van der Waals surface area contributed by atoms with E-state index in [-0.39, 0.29) is 5.82 Å². The molecule has 1 atom stereocenters. The lowest BCUT2D eigenvalue weighted by molar-refractivity contribution is 0.481. The standard InChI is InChI=1S/C17H22FN3/c1-12-11-13(2)21(20-12)10-4-9-19-17-8-7-14-15(17)5-3-6-16(14)18/h3,5-6,11,17,19H,4,7-10H2,1-2H3. The Morgan fingerprint density at radius 3 is 3.00 bits per heavy atom. The molecule has 1 aliphatic carbocycles. The number of aryl methyl sites for hydroxylation is 3. The Kier molecular flexibility index (Phi) is 4.06. The molecule has 4 heteroatoms. The van der Waals surface area contributed by atoms with E-state index in [9.17, 15) is 4.39 Å². The molecule has 0 bridgehead atoms. The van der Waals surface area contributed by atoms with Crippen LogP contribution in [-0.2, 0) is 13.0 Å². The molecule has 0 amide bonds. The molecule has 1 heterocycles. The van der Waals surface area contributed by atoms with Crippen LogP contribution in [0.1, 0.15) is 41.4 Å². The van der Waals surface area contributed by atoms with Crippen molar-refractivity contribution >= 4 is 0 Å². The first-order valence-corrected chi connectivity index (χ1v) is 7.67. The first-order chi connectivity index (χ1) is 10.1. The number of aromatic nitrogens is 2. The maximum absolute atomic E-state index is 13.7. The van der Waals surface area contributed by atoms with Crippen molar-refractivity contribution in [3.63, 3.8) is 0 Å². The maximum atomic E-state index is 13.7. The quantitative estimate of drug-likeness (QED) is 0.855. The van der Waals surface area contributed by atoms with Gasteiger partial charge in [-0.2, -0.15) is 5.10 Å². The highest BCUT2D eigenvalue weighted by Crippen LogP contribution is 2.32. The number of rotatable bonds is 5. The molecule has 1 N–H and O–H groups in total. The highest BCUT2D eigenvalue weighted by Gasteiger charge is 2.23. The molecule has 0 aliphatic heterocycles. The summed E-state index contributed by atoms with van der Waals surface area (Å²) < 4.78 is 15.7. The number of fused-ring (bicyclic) bond motifs is 1. The minimum atomic E-state index is -0.0561. The van der Waals surface area contributed by atoms with Crippen molar-refractivity contribution in [2.75, 3.05) is 6.54 Å². The Morgan fingerprint density at radius 1 is 1.38 bits per heavy atom. The van der Waals surface area contributed by atoms with Gasteiger partial charge in [0.25, 0.3) is 0 Å². The summed E-state index contributed by atoms with van der Waals surface area (Å²) in [6.07, 6.45) is 2.87. The van der Waals surface area contributed by atoms with Crippen molar-refractivity contribution in [2.24, 2.45) is 0 Å². The van der Waals surface area contributed by atoms with Crippen LogP contribution in [0.4, 0.5) is 4.39 Å². The summed E-state index contributed by atoms with van der Waals surface area (Å²) in [5.74, 6) is -0.0561. The monoisotopic (exact) mass is 287 g/mol. The van der Waals surface area contributed by atoms with Crippen molar-refractivity contribution < 1.29 is 4.39 Å². The summed E-state index contributed by atoms with van der Waals surface area (Å²) in [4.78, 5) is 0. The third-order valence-electron chi connectivity index (χ3n) is 4.25. The Balaban J connectivity index is 1.51. The Morgan fingerprint density at radius 2 is 2.24 bits per heavy atom. The summed E-state index contributed by atoms with van der Waals surface area (Å²) in [5.41, 5.74) is 4.32. The van der Waals surface area contributed by atoms with Gasteiger partial charge in [-0.15, -0.1) is 0 Å². The van der Waals surface area contributed by atoms with E-state index in [0.29, 0.717) is 6.04 Å². The molecule has 2 aromatic rings. The van der Waals surface area contributed by atoms with E-state index in [0.717, 1.165) is 49.2 Å². The molecule has 1 aliphatic rings. The van der Waals surface area contributed by atoms with Gasteiger partial charge in [-0.1, -0.05) is 12.1 Å². The predicted octanol–water partition coefficient (Wildman–Crippen LogP) is 3.31. The average Bonchev–Trinajstić information content (AvgIpc) is 3.00. The molecule has 0 saturated carbocycles. The zero-order valence-corrected chi connectivity index (χ0v) is 12.7. The van der Waals surface area contributed by atoms with Gasteiger partial charge in [0.05, 0.1) is 5.69 Å². The SMILES string of the molecule is Cc1cc(C)n(CCCNC2CCc3c(F)cccc32)n1. The fraction of sp³-hybridized carbons (Fsp3) is 0.471. The van der Waals surface area contributed by atoms with Crippen LogP contribution in [0.2, 0.25) is 0 Å². The summed E-state index contributed by atoms with van der Waals surface area (Å²) in [6, 6.07) is 7.82. The lowest BCUT2D eigenvalue weighted by atomic mass is 10.1. The largest absolute Gasteiger partial charge is 0.310 e. The molecule has 0 spiro atoms. The van der Waals surface area contributed by atoms with E-state index < -0.39 is 0 Å². The zero-order valence-electron chi connectivity index (χ0n) is 12.7. The second-order valence-electron chi connectivity index (χ2n) is 5.86. The minimum Gasteiger partial charge on any atom is -0.310 e. The van der Waals surface area contributed by atoms with E-state index in [2.05, 4.69) is 28.1 Å². The number of benzene rings is 1. The second-order valence-corrected chi connectivity index (χ2v) is 5.86. The molecule has 1 aromatic heterocycles. The van der Waals surface area contributed by atoms with Crippen molar-refractivity contribution in [1.29, 1.82) is 0 Å². The molecule has 1 aromatic carbocycles. The second kappa shape index (κ2) is 5.98. The summed E-state index contributed by atoms with van der Waals surface area (Å²) >= 11 is 0. The number of nitrogens with one attached hydrogen (secondary N) is 1. The van der Waals surface area contributed by atoms with Gasteiger partial charge < -0.3 is 5.32 Å². The van der Waals surface area contributed by atoms with Crippen LogP contribution in [0.15, 0.2) is 24.3 Å². The zero-order chi connectivity index (χ0) is 14.8. The van der Waals surface area contributed by atoms with Crippen molar-refractivity contribution in [1.82, 2.24) is 15.1 Å². The third kappa shape index (κ3) is 3.00. The normalized spacial score (nSPS) is 17.2. The number of hydrogen-bond acceptors (Lipinski definition) is 2. The number of nitrogens with zero attached hydrogens (tertiary/aromatic N) is 2. The van der Waals surface area contributed by atoms with Gasteiger partial charge in [0, 0.05) is 18.3 Å². The van der Waals surface area contributed by atoms with Gasteiger partial charge in [-0.05, 0) is 62.9 Å². The van der Waals surface area contributed by atoms with Crippen LogP contribution in [-0.4, -0.2) is 16.3 Å². The van der Waals surface area contributed by atoms with Crippen molar-refractivity contribution in [3.8, 4) is 0 Å². The Hall–Kier alpha value is -1.68. The van der Waals surface area contributed by atoms with Crippen LogP contribution in [0, 0.1) is 19.7 Å². The lowest BCUT2D eigenvalue weighted by Crippen LogP contribution is -2.22. The summed E-state index contributed by atoms with van der Waals surface area (Å²) in [5, 5.41) is 8.02. The van der Waals surface area contributed by atoms with Gasteiger partial charge >= 0.3 is 0 Å². The van der Waals surface area contributed by atoms with E-state index in [4.69, 9.17) is 0 Å². The van der Waals surface area contributed by atoms with Crippen LogP contribution in [0.3, 0.4) is 0 Å². The Labute approximate surface area is 125 Å². The molecular weight excluding hydrogens is 265 g/mol. The van der Waals surface area contributed by atoms with Gasteiger partial charge in [-0.3, -0.25) is 4.68 Å². The topological polar surface area (TPSA) is 29.9 Å². The molecular formula is C17H22FN3. The molecule has 21 heavy (non-hydrogen) atoms. The molecule has 1 unspecified atom stereocenters. The van der Waals surface area contributed by atoms with Crippen LogP contribution in [0.5, 0.6) is 0 Å². The molecule has 3 rings (SSSR count). The van der Waals surface area contributed by atoms with E-state index >= 15 is 0 Å². The maximum Gasteiger partial charge on any atom is 0.126 e. The molecule has 3 nitrogen and oxygen atoms in total. The minimum absolute atomic E-state index is 0.0561. The third-order valence-corrected chi connectivity index (χ3v) is 4.25. The summed E-state index contributed by atoms with van der Waals surface area (Å²) in [7, 11) is 0.